The molecule has 1 saturated heterocycles. The molecule has 0 radical (unpaired) electrons. The number of rotatable bonds is 2. The van der Waals surface area contributed by atoms with E-state index in [1.54, 1.807) is 0 Å². The molecule has 1 unspecified atom stereocenters. The Kier molecular flexibility index (Phi) is 2.65. The molecule has 0 aromatic carbocycles. The molecule has 0 bridgehead atoms. The van der Waals surface area contributed by atoms with E-state index in [1.165, 1.54) is 0 Å². The normalized spacial score (nSPS) is 19.7. The molecule has 0 aliphatic carbocycles. The van der Waals surface area contributed by atoms with Gasteiger partial charge in [0.25, 0.3) is 0 Å². The average molecular weight is 228 g/mol. The van der Waals surface area contributed by atoms with E-state index in [1.807, 2.05) is 31.3 Å². The Morgan fingerprint density at radius 2 is 2.29 bits per heavy atom. The Bertz CT molecular complexity index is 498. The summed E-state index contributed by atoms with van der Waals surface area (Å²) >= 11 is 0. The van der Waals surface area contributed by atoms with Gasteiger partial charge in [0.1, 0.15) is 5.82 Å². The van der Waals surface area contributed by atoms with Crippen LogP contribution in [0.4, 0.5) is 0 Å². The summed E-state index contributed by atoms with van der Waals surface area (Å²) in [6.07, 6.45) is 3.05. The second-order valence-corrected chi connectivity index (χ2v) is 4.53. The van der Waals surface area contributed by atoms with Crippen molar-refractivity contribution in [1.29, 1.82) is 0 Å². The fourth-order valence-electron chi connectivity index (χ4n) is 2.28. The third kappa shape index (κ3) is 2.08. The van der Waals surface area contributed by atoms with E-state index in [0.29, 0.717) is 5.92 Å². The molecule has 0 spiro atoms. The van der Waals surface area contributed by atoms with Crippen LogP contribution >= 0.6 is 0 Å². The molecule has 4 nitrogen and oxygen atoms in total. The van der Waals surface area contributed by atoms with E-state index in [0.717, 1.165) is 42.4 Å². The van der Waals surface area contributed by atoms with Crippen LogP contribution in [0.2, 0.25) is 0 Å². The summed E-state index contributed by atoms with van der Waals surface area (Å²) in [6, 6.07) is 6.06. The van der Waals surface area contributed by atoms with Gasteiger partial charge in [-0.2, -0.15) is 0 Å². The van der Waals surface area contributed by atoms with Crippen molar-refractivity contribution in [3.05, 3.63) is 35.9 Å². The maximum Gasteiger partial charge on any atom is 0.133 e. The number of aryl methyl sites for hydroxylation is 1. The lowest BCUT2D eigenvalue weighted by atomic mass is 10.1. The summed E-state index contributed by atoms with van der Waals surface area (Å²) in [5.41, 5.74) is 3.08. The van der Waals surface area contributed by atoms with Gasteiger partial charge in [-0.3, -0.25) is 0 Å². The van der Waals surface area contributed by atoms with E-state index < -0.39 is 0 Å². The average Bonchev–Trinajstić information content (AvgIpc) is 3.02. The molecule has 3 heterocycles. The summed E-state index contributed by atoms with van der Waals surface area (Å²) < 4.78 is 0. The highest BCUT2D eigenvalue weighted by atomic mass is 15.0. The lowest BCUT2D eigenvalue weighted by Gasteiger charge is -2.09. The van der Waals surface area contributed by atoms with Crippen molar-refractivity contribution in [3.8, 4) is 11.4 Å². The Balaban J connectivity index is 2.00. The van der Waals surface area contributed by atoms with Crippen molar-refractivity contribution in [3.63, 3.8) is 0 Å². The molecule has 2 N–H and O–H groups in total. The predicted molar refractivity (Wildman–Crippen MR) is 66.8 cm³/mol. The minimum absolute atomic E-state index is 0.462. The van der Waals surface area contributed by atoms with E-state index in [9.17, 15) is 0 Å². The molecule has 2 aromatic rings. The minimum Gasteiger partial charge on any atom is -0.360 e. The van der Waals surface area contributed by atoms with Gasteiger partial charge in [0.05, 0.1) is 11.4 Å². The maximum absolute atomic E-state index is 4.68. The fourth-order valence-corrected chi connectivity index (χ4v) is 2.28. The smallest absolute Gasteiger partial charge is 0.133 e. The SMILES string of the molecule is Cc1cc(-c2ccc[nH]2)nc(C2CCNC2)n1. The van der Waals surface area contributed by atoms with Crippen LogP contribution in [-0.2, 0) is 0 Å². The first-order valence-electron chi connectivity index (χ1n) is 6.03. The Labute approximate surface area is 101 Å². The van der Waals surface area contributed by atoms with Crippen LogP contribution in [0.3, 0.4) is 0 Å². The topological polar surface area (TPSA) is 53.6 Å². The molecule has 0 saturated carbocycles. The second kappa shape index (κ2) is 4.30. The van der Waals surface area contributed by atoms with Gasteiger partial charge in [-0.15, -0.1) is 0 Å². The van der Waals surface area contributed by atoms with Crippen molar-refractivity contribution in [2.45, 2.75) is 19.3 Å². The van der Waals surface area contributed by atoms with Crippen molar-refractivity contribution in [1.82, 2.24) is 20.3 Å². The highest BCUT2D eigenvalue weighted by molar-refractivity contribution is 5.54. The molecular weight excluding hydrogens is 212 g/mol. The molecule has 1 aliphatic rings. The molecule has 88 valence electrons. The molecule has 1 aliphatic heterocycles. The van der Waals surface area contributed by atoms with Gasteiger partial charge in [0.2, 0.25) is 0 Å². The zero-order chi connectivity index (χ0) is 11.7. The van der Waals surface area contributed by atoms with Crippen LogP contribution in [0.1, 0.15) is 23.9 Å². The van der Waals surface area contributed by atoms with Crippen molar-refractivity contribution in [2.24, 2.45) is 0 Å². The van der Waals surface area contributed by atoms with Crippen molar-refractivity contribution < 1.29 is 0 Å². The number of hydrogen-bond acceptors (Lipinski definition) is 3. The van der Waals surface area contributed by atoms with E-state index in [2.05, 4.69) is 20.3 Å². The van der Waals surface area contributed by atoms with Gasteiger partial charge in [0.15, 0.2) is 0 Å². The molecule has 3 rings (SSSR count). The zero-order valence-electron chi connectivity index (χ0n) is 9.90. The van der Waals surface area contributed by atoms with Crippen LogP contribution in [0.5, 0.6) is 0 Å². The quantitative estimate of drug-likeness (QED) is 0.825. The highest BCUT2D eigenvalue weighted by Gasteiger charge is 2.20. The number of hydrogen-bond donors (Lipinski definition) is 2. The summed E-state index contributed by atoms with van der Waals surface area (Å²) in [4.78, 5) is 12.4. The molecule has 17 heavy (non-hydrogen) atoms. The van der Waals surface area contributed by atoms with E-state index in [-0.39, 0.29) is 0 Å². The molecule has 0 amide bonds. The Morgan fingerprint density at radius 1 is 1.35 bits per heavy atom. The third-order valence-electron chi connectivity index (χ3n) is 3.17. The number of nitrogens with zero attached hydrogens (tertiary/aromatic N) is 2. The molecule has 4 heteroatoms. The maximum atomic E-state index is 4.68. The van der Waals surface area contributed by atoms with E-state index >= 15 is 0 Å². The van der Waals surface area contributed by atoms with Gasteiger partial charge >= 0.3 is 0 Å². The van der Waals surface area contributed by atoms with Gasteiger partial charge in [-0.25, -0.2) is 9.97 Å². The number of nitrogens with one attached hydrogen (secondary N) is 2. The monoisotopic (exact) mass is 228 g/mol. The lowest BCUT2D eigenvalue weighted by molar-refractivity contribution is 0.698. The van der Waals surface area contributed by atoms with Crippen LogP contribution in [0.25, 0.3) is 11.4 Å². The van der Waals surface area contributed by atoms with Gasteiger partial charge in [0, 0.05) is 24.4 Å². The zero-order valence-corrected chi connectivity index (χ0v) is 9.90. The fraction of sp³-hybridized carbons (Fsp3) is 0.385. The lowest BCUT2D eigenvalue weighted by Crippen LogP contribution is -2.11. The molecule has 2 aromatic heterocycles. The summed E-state index contributed by atoms with van der Waals surface area (Å²) in [7, 11) is 0. The Morgan fingerprint density at radius 3 is 3.00 bits per heavy atom. The number of aromatic amines is 1. The summed E-state index contributed by atoms with van der Waals surface area (Å²) in [5, 5.41) is 3.36. The first-order chi connectivity index (χ1) is 8.33. The second-order valence-electron chi connectivity index (χ2n) is 4.53. The van der Waals surface area contributed by atoms with Crippen LogP contribution in [-0.4, -0.2) is 28.0 Å². The first-order valence-corrected chi connectivity index (χ1v) is 6.03. The Hall–Kier alpha value is -1.68. The minimum atomic E-state index is 0.462. The van der Waals surface area contributed by atoms with Crippen LogP contribution in [0, 0.1) is 6.92 Å². The number of H-pyrrole nitrogens is 1. The third-order valence-corrected chi connectivity index (χ3v) is 3.17. The van der Waals surface area contributed by atoms with Crippen LogP contribution in [0.15, 0.2) is 24.4 Å². The van der Waals surface area contributed by atoms with Gasteiger partial charge < -0.3 is 10.3 Å². The number of aromatic nitrogens is 3. The highest BCUT2D eigenvalue weighted by Crippen LogP contribution is 2.22. The van der Waals surface area contributed by atoms with Crippen LogP contribution < -0.4 is 5.32 Å². The summed E-state index contributed by atoms with van der Waals surface area (Å²) in [5.74, 6) is 1.43. The largest absolute Gasteiger partial charge is 0.360 e. The molecule has 1 fully saturated rings. The van der Waals surface area contributed by atoms with Crippen molar-refractivity contribution >= 4 is 0 Å². The molecule has 1 atom stereocenters. The standard InChI is InChI=1S/C13H16N4/c1-9-7-12(11-3-2-5-15-11)17-13(16-9)10-4-6-14-8-10/h2-3,5,7,10,14-15H,4,6,8H2,1H3. The summed E-state index contributed by atoms with van der Waals surface area (Å²) in [6.45, 7) is 4.09. The van der Waals surface area contributed by atoms with E-state index in [4.69, 9.17) is 0 Å². The molecular formula is C13H16N4. The van der Waals surface area contributed by atoms with Gasteiger partial charge in [-0.05, 0) is 38.1 Å². The van der Waals surface area contributed by atoms with Gasteiger partial charge in [-0.1, -0.05) is 0 Å². The predicted octanol–water partition coefficient (Wildman–Crippen LogP) is 1.86. The first kappa shape index (κ1) is 10.5. The van der Waals surface area contributed by atoms with Crippen molar-refractivity contribution in [2.75, 3.05) is 13.1 Å².